The van der Waals surface area contributed by atoms with E-state index >= 15 is 0 Å². The van der Waals surface area contributed by atoms with Crippen molar-refractivity contribution in [3.05, 3.63) is 40.3 Å². The third-order valence-electron chi connectivity index (χ3n) is 3.39. The molecule has 1 aromatic heterocycles. The third kappa shape index (κ3) is 3.68. The molecule has 0 aliphatic rings. The van der Waals surface area contributed by atoms with Crippen LogP contribution in [0.2, 0.25) is 0 Å². The average molecular weight is 287 g/mol. The predicted molar refractivity (Wildman–Crippen MR) is 83.2 cm³/mol. The summed E-state index contributed by atoms with van der Waals surface area (Å²) in [5, 5.41) is 8.48. The number of benzene rings is 1. The molecule has 0 saturated carbocycles. The summed E-state index contributed by atoms with van der Waals surface area (Å²) in [6.45, 7) is 6.63. The maximum absolute atomic E-state index is 12.3. The molecule has 112 valence electrons. The van der Waals surface area contributed by atoms with Crippen molar-refractivity contribution in [2.45, 2.75) is 33.7 Å². The van der Waals surface area contributed by atoms with Crippen LogP contribution < -0.4 is 10.9 Å². The van der Waals surface area contributed by atoms with Crippen LogP contribution in [-0.2, 0) is 11.3 Å². The Balaban J connectivity index is 2.17. The lowest BCUT2D eigenvalue weighted by Crippen LogP contribution is -2.34. The predicted octanol–water partition coefficient (Wildman–Crippen LogP) is 1.87. The Bertz CT molecular complexity index is 704. The van der Waals surface area contributed by atoms with E-state index < -0.39 is 0 Å². The Hall–Kier alpha value is -2.17. The van der Waals surface area contributed by atoms with Crippen molar-refractivity contribution in [3.8, 4) is 0 Å². The molecule has 21 heavy (non-hydrogen) atoms. The molecule has 5 nitrogen and oxygen atoms in total. The fourth-order valence-corrected chi connectivity index (χ4v) is 2.20. The number of nitrogens with one attached hydrogen (secondary N) is 1. The molecule has 5 heteroatoms. The number of aromatic nitrogens is 2. The van der Waals surface area contributed by atoms with Crippen molar-refractivity contribution in [1.82, 2.24) is 15.1 Å². The van der Waals surface area contributed by atoms with E-state index in [-0.39, 0.29) is 18.0 Å². The first-order valence-electron chi connectivity index (χ1n) is 7.22. The Kier molecular flexibility index (Phi) is 4.73. The van der Waals surface area contributed by atoms with E-state index in [1.54, 1.807) is 6.07 Å². The van der Waals surface area contributed by atoms with Crippen molar-refractivity contribution < 1.29 is 4.79 Å². The average Bonchev–Trinajstić information content (AvgIpc) is 2.44. The fraction of sp³-hybridized carbons (Fsp3) is 0.438. The van der Waals surface area contributed by atoms with Gasteiger partial charge in [-0.3, -0.25) is 9.59 Å². The highest BCUT2D eigenvalue weighted by Crippen LogP contribution is 2.11. The van der Waals surface area contributed by atoms with Gasteiger partial charge in [-0.2, -0.15) is 5.10 Å². The molecule has 0 saturated heterocycles. The van der Waals surface area contributed by atoms with Gasteiger partial charge in [0, 0.05) is 11.9 Å². The highest BCUT2D eigenvalue weighted by Gasteiger charge is 2.10. The standard InChI is InChI=1S/C16H21N3O2/c1-11(2)8-9-17-15(20)10-19-16(21)14-7-5-4-6-13(14)12(3)18-19/h4-7,11H,8-10H2,1-3H3,(H,17,20). The number of fused-ring (bicyclic) bond motifs is 1. The minimum atomic E-state index is -0.227. The molecule has 1 N–H and O–H groups in total. The van der Waals surface area contributed by atoms with Gasteiger partial charge < -0.3 is 5.32 Å². The normalized spacial score (nSPS) is 11.0. The minimum Gasteiger partial charge on any atom is -0.354 e. The molecule has 2 rings (SSSR count). The van der Waals surface area contributed by atoms with Crippen molar-refractivity contribution in [2.24, 2.45) is 5.92 Å². The van der Waals surface area contributed by atoms with Crippen molar-refractivity contribution >= 4 is 16.7 Å². The van der Waals surface area contributed by atoms with Gasteiger partial charge in [0.15, 0.2) is 0 Å². The SMILES string of the molecule is Cc1nn(CC(=O)NCCC(C)C)c(=O)c2ccccc12. The molecule has 2 aromatic rings. The lowest BCUT2D eigenvalue weighted by Gasteiger charge is -2.10. The molecular formula is C16H21N3O2. The van der Waals surface area contributed by atoms with Crippen LogP contribution in [0.5, 0.6) is 0 Å². The Labute approximate surface area is 124 Å². The number of hydrogen-bond donors (Lipinski definition) is 1. The number of nitrogens with zero attached hydrogens (tertiary/aromatic N) is 2. The number of amides is 1. The molecule has 1 amide bonds. The second-order valence-corrected chi connectivity index (χ2v) is 5.63. The smallest absolute Gasteiger partial charge is 0.275 e. The number of aryl methyl sites for hydroxylation is 1. The van der Waals surface area contributed by atoms with E-state index in [1.807, 2.05) is 25.1 Å². The fourth-order valence-electron chi connectivity index (χ4n) is 2.20. The second-order valence-electron chi connectivity index (χ2n) is 5.63. The quantitative estimate of drug-likeness (QED) is 0.913. The summed E-state index contributed by atoms with van der Waals surface area (Å²) in [5.74, 6) is 0.356. The van der Waals surface area contributed by atoms with E-state index in [9.17, 15) is 9.59 Å². The molecule has 1 aromatic carbocycles. The molecule has 0 unspecified atom stereocenters. The Morgan fingerprint density at radius 3 is 2.62 bits per heavy atom. The summed E-state index contributed by atoms with van der Waals surface area (Å²) >= 11 is 0. The Morgan fingerprint density at radius 2 is 1.95 bits per heavy atom. The van der Waals surface area contributed by atoms with Gasteiger partial charge in [-0.05, 0) is 25.3 Å². The van der Waals surface area contributed by atoms with Gasteiger partial charge in [0.1, 0.15) is 6.54 Å². The van der Waals surface area contributed by atoms with Gasteiger partial charge in [-0.1, -0.05) is 32.0 Å². The van der Waals surface area contributed by atoms with E-state index in [2.05, 4.69) is 24.3 Å². The lowest BCUT2D eigenvalue weighted by atomic mass is 10.1. The van der Waals surface area contributed by atoms with Gasteiger partial charge >= 0.3 is 0 Å². The van der Waals surface area contributed by atoms with Crippen molar-refractivity contribution in [1.29, 1.82) is 0 Å². The highest BCUT2D eigenvalue weighted by molar-refractivity contribution is 5.83. The Morgan fingerprint density at radius 1 is 1.29 bits per heavy atom. The van der Waals surface area contributed by atoms with Crippen LogP contribution in [0.4, 0.5) is 0 Å². The highest BCUT2D eigenvalue weighted by atomic mass is 16.2. The minimum absolute atomic E-state index is 0.0391. The van der Waals surface area contributed by atoms with Crippen LogP contribution in [0.1, 0.15) is 26.0 Å². The summed E-state index contributed by atoms with van der Waals surface area (Å²) in [4.78, 5) is 24.2. The largest absolute Gasteiger partial charge is 0.354 e. The molecule has 0 spiro atoms. The van der Waals surface area contributed by atoms with Gasteiger partial charge in [-0.25, -0.2) is 4.68 Å². The van der Waals surface area contributed by atoms with Crippen LogP contribution in [0.3, 0.4) is 0 Å². The molecule has 0 atom stereocenters. The zero-order valence-electron chi connectivity index (χ0n) is 12.7. The number of carbonyl (C=O) groups excluding carboxylic acids is 1. The lowest BCUT2D eigenvalue weighted by molar-refractivity contribution is -0.121. The zero-order chi connectivity index (χ0) is 15.4. The maximum atomic E-state index is 12.3. The summed E-state index contributed by atoms with van der Waals surface area (Å²) in [6.07, 6.45) is 0.921. The van der Waals surface area contributed by atoms with Gasteiger partial charge in [0.2, 0.25) is 5.91 Å². The summed E-state index contributed by atoms with van der Waals surface area (Å²) in [5.41, 5.74) is 0.524. The van der Waals surface area contributed by atoms with E-state index in [1.165, 1.54) is 4.68 Å². The molecule has 0 aliphatic carbocycles. The number of hydrogen-bond acceptors (Lipinski definition) is 3. The molecule has 1 heterocycles. The first kappa shape index (κ1) is 15.2. The topological polar surface area (TPSA) is 64.0 Å². The van der Waals surface area contributed by atoms with Crippen LogP contribution >= 0.6 is 0 Å². The van der Waals surface area contributed by atoms with E-state index in [0.717, 1.165) is 17.5 Å². The van der Waals surface area contributed by atoms with Crippen molar-refractivity contribution in [3.63, 3.8) is 0 Å². The molecule has 0 bridgehead atoms. The van der Waals surface area contributed by atoms with Gasteiger partial charge in [0.05, 0.1) is 11.1 Å². The second kappa shape index (κ2) is 6.52. The summed E-state index contributed by atoms with van der Waals surface area (Å²) in [7, 11) is 0. The van der Waals surface area contributed by atoms with Crippen molar-refractivity contribution in [2.75, 3.05) is 6.54 Å². The summed E-state index contributed by atoms with van der Waals surface area (Å²) < 4.78 is 1.24. The van der Waals surface area contributed by atoms with Crippen LogP contribution in [0, 0.1) is 12.8 Å². The molecule has 0 fully saturated rings. The van der Waals surface area contributed by atoms with Crippen LogP contribution in [0.15, 0.2) is 29.1 Å². The number of carbonyl (C=O) groups is 1. The maximum Gasteiger partial charge on any atom is 0.275 e. The van der Waals surface area contributed by atoms with Crippen LogP contribution in [-0.4, -0.2) is 22.2 Å². The summed E-state index contributed by atoms with van der Waals surface area (Å²) in [6, 6.07) is 7.32. The van der Waals surface area contributed by atoms with E-state index in [4.69, 9.17) is 0 Å². The van der Waals surface area contributed by atoms with Gasteiger partial charge in [0.25, 0.3) is 5.56 Å². The van der Waals surface area contributed by atoms with E-state index in [0.29, 0.717) is 17.8 Å². The number of rotatable bonds is 5. The van der Waals surface area contributed by atoms with Crippen LogP contribution in [0.25, 0.3) is 10.8 Å². The molecule has 0 aliphatic heterocycles. The molecule has 0 radical (unpaired) electrons. The monoisotopic (exact) mass is 287 g/mol. The zero-order valence-corrected chi connectivity index (χ0v) is 12.7. The first-order valence-corrected chi connectivity index (χ1v) is 7.22. The first-order chi connectivity index (χ1) is 9.99. The van der Waals surface area contributed by atoms with Gasteiger partial charge in [-0.15, -0.1) is 0 Å². The molecular weight excluding hydrogens is 266 g/mol. The third-order valence-corrected chi connectivity index (χ3v) is 3.39.